The van der Waals surface area contributed by atoms with Crippen LogP contribution in [0.3, 0.4) is 0 Å². The van der Waals surface area contributed by atoms with Crippen LogP contribution in [0.5, 0.6) is 0 Å². The lowest BCUT2D eigenvalue weighted by molar-refractivity contribution is 0.0699. The van der Waals surface area contributed by atoms with Crippen LogP contribution in [-0.4, -0.2) is 19.8 Å². The summed E-state index contributed by atoms with van der Waals surface area (Å²) < 4.78 is 5.31. The van der Waals surface area contributed by atoms with Crippen molar-refractivity contribution in [2.45, 2.75) is 12.8 Å². The molecule has 1 aromatic rings. The fourth-order valence-electron chi connectivity index (χ4n) is 1.58. The Bertz CT molecular complexity index is 229. The number of thiophene rings is 1. The highest BCUT2D eigenvalue weighted by Crippen LogP contribution is 2.17. The molecule has 72 valence electrons. The van der Waals surface area contributed by atoms with Crippen molar-refractivity contribution < 1.29 is 4.74 Å². The molecule has 1 aliphatic heterocycles. The van der Waals surface area contributed by atoms with Gasteiger partial charge in [0.1, 0.15) is 0 Å². The number of hydrogen-bond donors (Lipinski definition) is 1. The molecule has 0 atom stereocenters. The zero-order valence-corrected chi connectivity index (χ0v) is 8.48. The second-order valence-corrected chi connectivity index (χ2v) is 4.23. The molecular formula is C10H15NOS. The molecule has 1 aromatic heterocycles. The molecule has 0 aromatic carbocycles. The average Bonchev–Trinajstić information content (AvgIpc) is 2.69. The van der Waals surface area contributed by atoms with Crippen LogP contribution < -0.4 is 5.32 Å². The van der Waals surface area contributed by atoms with Gasteiger partial charge in [-0.1, -0.05) is 0 Å². The number of anilines is 1. The summed E-state index contributed by atoms with van der Waals surface area (Å²) in [7, 11) is 0. The van der Waals surface area contributed by atoms with E-state index in [2.05, 4.69) is 22.1 Å². The highest BCUT2D eigenvalue weighted by atomic mass is 32.1. The molecule has 0 amide bonds. The Hall–Kier alpha value is -0.540. The zero-order chi connectivity index (χ0) is 8.93. The lowest BCUT2D eigenvalue weighted by atomic mass is 10.0. The van der Waals surface area contributed by atoms with Crippen LogP contribution in [0.4, 0.5) is 5.69 Å². The summed E-state index contributed by atoms with van der Waals surface area (Å²) in [5.74, 6) is 0.800. The Balaban J connectivity index is 1.72. The van der Waals surface area contributed by atoms with E-state index in [9.17, 15) is 0 Å². The molecule has 0 radical (unpaired) electrons. The molecule has 1 N–H and O–H groups in total. The van der Waals surface area contributed by atoms with Crippen molar-refractivity contribution in [3.63, 3.8) is 0 Å². The van der Waals surface area contributed by atoms with Gasteiger partial charge in [-0.05, 0) is 30.2 Å². The Labute approximate surface area is 82.9 Å². The van der Waals surface area contributed by atoms with Crippen molar-refractivity contribution in [1.82, 2.24) is 0 Å². The second kappa shape index (κ2) is 4.63. The quantitative estimate of drug-likeness (QED) is 0.804. The Morgan fingerprint density at radius 3 is 3.00 bits per heavy atom. The molecule has 1 aliphatic rings. The first kappa shape index (κ1) is 9.03. The first-order valence-corrected chi connectivity index (χ1v) is 5.73. The molecule has 2 nitrogen and oxygen atoms in total. The molecular weight excluding hydrogens is 182 g/mol. The fourth-order valence-corrected chi connectivity index (χ4v) is 2.19. The topological polar surface area (TPSA) is 21.3 Å². The maximum absolute atomic E-state index is 5.31. The van der Waals surface area contributed by atoms with Gasteiger partial charge in [0.05, 0.1) is 0 Å². The number of ether oxygens (including phenoxy) is 1. The molecule has 1 fully saturated rings. The molecule has 13 heavy (non-hydrogen) atoms. The van der Waals surface area contributed by atoms with Crippen molar-refractivity contribution in [3.05, 3.63) is 16.8 Å². The minimum atomic E-state index is 0.800. The number of nitrogens with one attached hydrogen (secondary N) is 1. The summed E-state index contributed by atoms with van der Waals surface area (Å²) in [6.45, 7) is 2.98. The molecule has 3 heteroatoms. The molecule has 0 bridgehead atoms. The second-order valence-electron chi connectivity index (χ2n) is 3.45. The maximum atomic E-state index is 5.31. The lowest BCUT2D eigenvalue weighted by Gasteiger charge is -2.22. The van der Waals surface area contributed by atoms with E-state index in [4.69, 9.17) is 4.74 Å². The average molecular weight is 197 g/mol. The first-order valence-electron chi connectivity index (χ1n) is 4.79. The minimum Gasteiger partial charge on any atom is -0.384 e. The first-order chi connectivity index (χ1) is 6.45. The van der Waals surface area contributed by atoms with Gasteiger partial charge in [-0.25, -0.2) is 0 Å². The summed E-state index contributed by atoms with van der Waals surface area (Å²) in [6.07, 6.45) is 2.41. The predicted molar refractivity (Wildman–Crippen MR) is 56.4 cm³/mol. The van der Waals surface area contributed by atoms with Crippen LogP contribution in [0.2, 0.25) is 0 Å². The van der Waals surface area contributed by atoms with Gasteiger partial charge in [0.15, 0.2) is 0 Å². The van der Waals surface area contributed by atoms with Gasteiger partial charge < -0.3 is 10.1 Å². The Morgan fingerprint density at radius 2 is 2.31 bits per heavy atom. The largest absolute Gasteiger partial charge is 0.384 e. The van der Waals surface area contributed by atoms with Gasteiger partial charge in [0.25, 0.3) is 0 Å². The molecule has 0 unspecified atom stereocenters. The van der Waals surface area contributed by atoms with Crippen LogP contribution in [0.1, 0.15) is 12.8 Å². The van der Waals surface area contributed by atoms with E-state index < -0.39 is 0 Å². The Morgan fingerprint density at radius 1 is 1.46 bits per heavy atom. The van der Waals surface area contributed by atoms with Crippen LogP contribution >= 0.6 is 11.3 Å². The van der Waals surface area contributed by atoms with Crippen LogP contribution in [0.15, 0.2) is 16.8 Å². The summed E-state index contributed by atoms with van der Waals surface area (Å²) in [4.78, 5) is 0. The molecule has 1 saturated heterocycles. The fraction of sp³-hybridized carbons (Fsp3) is 0.600. The zero-order valence-electron chi connectivity index (χ0n) is 7.66. The third-order valence-electron chi connectivity index (χ3n) is 2.46. The smallest absolute Gasteiger partial charge is 0.0469 e. The van der Waals surface area contributed by atoms with Crippen molar-refractivity contribution in [1.29, 1.82) is 0 Å². The van der Waals surface area contributed by atoms with E-state index in [1.165, 1.54) is 18.5 Å². The highest BCUT2D eigenvalue weighted by Gasteiger charge is 2.12. The third kappa shape index (κ3) is 2.71. The molecule has 0 aliphatic carbocycles. The van der Waals surface area contributed by atoms with Crippen molar-refractivity contribution >= 4 is 17.0 Å². The monoisotopic (exact) mass is 197 g/mol. The lowest BCUT2D eigenvalue weighted by Crippen LogP contribution is -2.22. The van der Waals surface area contributed by atoms with Crippen molar-refractivity contribution in [2.24, 2.45) is 5.92 Å². The summed E-state index contributed by atoms with van der Waals surface area (Å²) >= 11 is 1.74. The standard InChI is InChI=1S/C10H15NOS/c1-4-12-5-2-9(1)7-11-10-3-6-13-8-10/h3,6,8-9,11H,1-2,4-5,7H2. The van der Waals surface area contributed by atoms with E-state index in [1.807, 2.05) is 0 Å². The van der Waals surface area contributed by atoms with Gasteiger partial charge >= 0.3 is 0 Å². The highest BCUT2D eigenvalue weighted by molar-refractivity contribution is 7.08. The van der Waals surface area contributed by atoms with E-state index in [0.717, 1.165) is 25.7 Å². The van der Waals surface area contributed by atoms with Gasteiger partial charge in [0.2, 0.25) is 0 Å². The van der Waals surface area contributed by atoms with Gasteiger partial charge in [-0.3, -0.25) is 0 Å². The Kier molecular flexibility index (Phi) is 3.22. The van der Waals surface area contributed by atoms with E-state index in [1.54, 1.807) is 11.3 Å². The molecule has 0 spiro atoms. The molecule has 0 saturated carbocycles. The van der Waals surface area contributed by atoms with Gasteiger partial charge in [0, 0.05) is 30.8 Å². The normalized spacial score (nSPS) is 18.8. The maximum Gasteiger partial charge on any atom is 0.0469 e. The predicted octanol–water partition coefficient (Wildman–Crippen LogP) is 2.59. The summed E-state index contributed by atoms with van der Waals surface area (Å²) in [6, 6.07) is 2.13. The van der Waals surface area contributed by atoms with Gasteiger partial charge in [-0.15, -0.1) is 0 Å². The summed E-state index contributed by atoms with van der Waals surface area (Å²) in [5, 5.41) is 7.70. The third-order valence-corrected chi connectivity index (χ3v) is 3.14. The number of rotatable bonds is 3. The summed E-state index contributed by atoms with van der Waals surface area (Å²) in [5.41, 5.74) is 1.26. The van der Waals surface area contributed by atoms with Crippen LogP contribution in [0.25, 0.3) is 0 Å². The van der Waals surface area contributed by atoms with Gasteiger partial charge in [-0.2, -0.15) is 11.3 Å². The molecule has 2 rings (SSSR count). The molecule has 2 heterocycles. The van der Waals surface area contributed by atoms with Crippen LogP contribution in [-0.2, 0) is 4.74 Å². The van der Waals surface area contributed by atoms with Crippen molar-refractivity contribution in [3.8, 4) is 0 Å². The van der Waals surface area contributed by atoms with E-state index >= 15 is 0 Å². The van der Waals surface area contributed by atoms with Crippen molar-refractivity contribution in [2.75, 3.05) is 25.1 Å². The van der Waals surface area contributed by atoms with Crippen LogP contribution in [0, 0.1) is 5.92 Å². The minimum absolute atomic E-state index is 0.800. The SMILES string of the molecule is c1cc(NCC2CCOCC2)cs1. The van der Waals surface area contributed by atoms with E-state index in [-0.39, 0.29) is 0 Å². The number of hydrogen-bond acceptors (Lipinski definition) is 3. The van der Waals surface area contributed by atoms with E-state index in [0.29, 0.717) is 0 Å².